The van der Waals surface area contributed by atoms with Gasteiger partial charge in [-0.05, 0) is 45.9 Å². The Bertz CT molecular complexity index is 978. The maximum Gasteiger partial charge on any atom is 0.254 e. The number of aromatic amines is 1. The van der Waals surface area contributed by atoms with Gasteiger partial charge < -0.3 is 9.88 Å². The zero-order valence-electron chi connectivity index (χ0n) is 15.6. The summed E-state index contributed by atoms with van der Waals surface area (Å²) < 4.78 is 2.03. The minimum atomic E-state index is 0.0644. The molecule has 0 saturated carbocycles. The van der Waals surface area contributed by atoms with Gasteiger partial charge in [-0.3, -0.25) is 9.48 Å². The van der Waals surface area contributed by atoms with E-state index in [-0.39, 0.29) is 11.9 Å². The number of rotatable bonds is 3. The molecule has 0 unspecified atom stereocenters. The van der Waals surface area contributed by atoms with Crippen LogP contribution in [-0.2, 0) is 0 Å². The monoisotopic (exact) mass is 349 g/mol. The zero-order valence-corrected chi connectivity index (χ0v) is 15.6. The fraction of sp³-hybridized carbons (Fsp3) is 0.350. The molecule has 0 aliphatic carbocycles. The molecule has 1 aromatic carbocycles. The third kappa shape index (κ3) is 2.81. The summed E-state index contributed by atoms with van der Waals surface area (Å²) in [6.45, 7) is 9.39. The van der Waals surface area contributed by atoms with Crippen molar-refractivity contribution in [1.82, 2.24) is 24.6 Å². The van der Waals surface area contributed by atoms with Crippen LogP contribution in [0.2, 0.25) is 0 Å². The normalized spacial score (nSPS) is 14.5. The molecule has 6 nitrogen and oxygen atoms in total. The van der Waals surface area contributed by atoms with Crippen molar-refractivity contribution in [3.8, 4) is 11.3 Å². The van der Waals surface area contributed by atoms with Gasteiger partial charge in [0.05, 0.1) is 17.4 Å². The molecule has 134 valence electrons. The van der Waals surface area contributed by atoms with E-state index in [1.54, 1.807) is 0 Å². The molecule has 0 spiro atoms. The van der Waals surface area contributed by atoms with Gasteiger partial charge in [0.1, 0.15) is 5.82 Å². The van der Waals surface area contributed by atoms with E-state index in [4.69, 9.17) is 0 Å². The van der Waals surface area contributed by atoms with Gasteiger partial charge in [-0.2, -0.15) is 5.10 Å². The molecular weight excluding hydrogens is 326 g/mol. The van der Waals surface area contributed by atoms with Gasteiger partial charge in [-0.25, -0.2) is 4.98 Å². The molecule has 4 rings (SSSR count). The van der Waals surface area contributed by atoms with Crippen molar-refractivity contribution in [2.75, 3.05) is 13.1 Å². The highest BCUT2D eigenvalue weighted by Gasteiger charge is 2.33. The topological polar surface area (TPSA) is 66.8 Å². The number of nitrogens with one attached hydrogen (secondary N) is 1. The highest BCUT2D eigenvalue weighted by atomic mass is 16.2. The van der Waals surface area contributed by atoms with Crippen molar-refractivity contribution >= 4 is 5.91 Å². The van der Waals surface area contributed by atoms with E-state index in [1.807, 2.05) is 54.6 Å². The number of carbonyl (C=O) groups excluding carboxylic acids is 1. The first kappa shape index (κ1) is 16.6. The van der Waals surface area contributed by atoms with Crippen LogP contribution in [0.1, 0.15) is 39.3 Å². The smallest absolute Gasteiger partial charge is 0.254 e. The van der Waals surface area contributed by atoms with Gasteiger partial charge in [-0.15, -0.1) is 0 Å². The van der Waals surface area contributed by atoms with E-state index < -0.39 is 0 Å². The lowest BCUT2D eigenvalue weighted by atomic mass is 10.0. The van der Waals surface area contributed by atoms with Crippen molar-refractivity contribution in [3.63, 3.8) is 0 Å². The van der Waals surface area contributed by atoms with E-state index in [0.29, 0.717) is 18.7 Å². The van der Waals surface area contributed by atoms with Gasteiger partial charge >= 0.3 is 0 Å². The molecule has 3 aromatic rings. The van der Waals surface area contributed by atoms with Crippen molar-refractivity contribution < 1.29 is 4.79 Å². The molecular formula is C20H23N5O. The fourth-order valence-corrected chi connectivity index (χ4v) is 3.66. The van der Waals surface area contributed by atoms with E-state index in [0.717, 1.165) is 34.2 Å². The second kappa shape index (κ2) is 6.12. The minimum absolute atomic E-state index is 0.0644. The van der Waals surface area contributed by atoms with Crippen LogP contribution in [0.3, 0.4) is 0 Å². The summed E-state index contributed by atoms with van der Waals surface area (Å²) in [6.07, 6.45) is 0. The van der Waals surface area contributed by atoms with Crippen LogP contribution < -0.4 is 0 Å². The van der Waals surface area contributed by atoms with Gasteiger partial charge in [0.2, 0.25) is 0 Å². The molecule has 0 radical (unpaired) electrons. The molecule has 1 amide bonds. The highest BCUT2D eigenvalue weighted by Crippen LogP contribution is 2.27. The van der Waals surface area contributed by atoms with Crippen LogP contribution in [-0.4, -0.2) is 43.6 Å². The van der Waals surface area contributed by atoms with E-state index in [9.17, 15) is 4.79 Å². The number of likely N-dealkylation sites (tertiary alicyclic amines) is 1. The van der Waals surface area contributed by atoms with Crippen molar-refractivity contribution in [3.05, 3.63) is 58.8 Å². The average Bonchev–Trinajstić information content (AvgIpc) is 3.07. The Morgan fingerprint density at radius 1 is 1.15 bits per heavy atom. The Hall–Kier alpha value is -2.89. The number of benzene rings is 1. The van der Waals surface area contributed by atoms with Crippen molar-refractivity contribution in [1.29, 1.82) is 0 Å². The number of H-pyrrole nitrogens is 1. The minimum Gasteiger partial charge on any atom is -0.346 e. The van der Waals surface area contributed by atoms with Gasteiger partial charge in [-0.1, -0.05) is 12.1 Å². The molecule has 1 N–H and O–H groups in total. The largest absolute Gasteiger partial charge is 0.346 e. The summed E-state index contributed by atoms with van der Waals surface area (Å²) in [7, 11) is 0. The molecule has 1 aliphatic heterocycles. The molecule has 0 atom stereocenters. The fourth-order valence-electron chi connectivity index (χ4n) is 3.66. The van der Waals surface area contributed by atoms with Gasteiger partial charge in [0.25, 0.3) is 5.91 Å². The van der Waals surface area contributed by atoms with Gasteiger partial charge in [0, 0.05) is 35.6 Å². The zero-order chi connectivity index (χ0) is 18.4. The van der Waals surface area contributed by atoms with E-state index in [1.165, 1.54) is 0 Å². The lowest BCUT2D eigenvalue weighted by molar-refractivity contribution is 0.0497. The number of hydrogen-bond donors (Lipinski definition) is 1. The molecule has 1 aliphatic rings. The predicted molar refractivity (Wildman–Crippen MR) is 100 cm³/mol. The summed E-state index contributed by atoms with van der Waals surface area (Å²) in [4.78, 5) is 22.5. The molecule has 0 bridgehead atoms. The molecule has 2 aromatic heterocycles. The lowest BCUT2D eigenvalue weighted by Crippen LogP contribution is -2.51. The summed E-state index contributed by atoms with van der Waals surface area (Å²) >= 11 is 0. The number of imidazole rings is 1. The number of hydrogen-bond acceptors (Lipinski definition) is 3. The summed E-state index contributed by atoms with van der Waals surface area (Å²) in [5.74, 6) is 0.944. The van der Waals surface area contributed by atoms with Crippen molar-refractivity contribution in [2.24, 2.45) is 0 Å². The van der Waals surface area contributed by atoms with Crippen LogP contribution in [0.5, 0.6) is 0 Å². The lowest BCUT2D eigenvalue weighted by Gasteiger charge is -2.39. The molecule has 6 heteroatoms. The standard InChI is InChI=1S/C20H23N5O/c1-12-8-13(2)25(23-12)18-10-24(11-18)20(26)17-7-5-6-16(9-17)19-14(3)21-15(4)22-19/h5-9,18H,10-11H2,1-4H3,(H,21,22). The van der Waals surface area contributed by atoms with Crippen LogP contribution in [0, 0.1) is 27.7 Å². The quantitative estimate of drug-likeness (QED) is 0.789. The Morgan fingerprint density at radius 2 is 1.92 bits per heavy atom. The Labute approximate surface area is 152 Å². The number of amides is 1. The Morgan fingerprint density at radius 3 is 2.54 bits per heavy atom. The van der Waals surface area contributed by atoms with E-state index >= 15 is 0 Å². The Kier molecular flexibility index (Phi) is 3.90. The second-order valence-corrected chi connectivity index (χ2v) is 7.11. The molecule has 1 saturated heterocycles. The third-order valence-corrected chi connectivity index (χ3v) is 4.93. The Balaban J connectivity index is 1.50. The average molecular weight is 349 g/mol. The van der Waals surface area contributed by atoms with E-state index in [2.05, 4.69) is 28.1 Å². The van der Waals surface area contributed by atoms with Crippen LogP contribution in [0.25, 0.3) is 11.3 Å². The number of aryl methyl sites for hydroxylation is 4. The van der Waals surface area contributed by atoms with Crippen LogP contribution in [0.15, 0.2) is 30.3 Å². The SMILES string of the molecule is Cc1cc(C)n(C2CN(C(=O)c3cccc(-c4nc(C)[nH]c4C)c3)C2)n1. The predicted octanol–water partition coefficient (Wildman–Crippen LogP) is 3.20. The number of aromatic nitrogens is 4. The molecule has 3 heterocycles. The van der Waals surface area contributed by atoms with Gasteiger partial charge in [0.15, 0.2) is 0 Å². The summed E-state index contributed by atoms with van der Waals surface area (Å²) in [6, 6.07) is 10.1. The first-order valence-electron chi connectivity index (χ1n) is 8.88. The maximum absolute atomic E-state index is 12.8. The first-order valence-corrected chi connectivity index (χ1v) is 8.88. The summed E-state index contributed by atoms with van der Waals surface area (Å²) in [5.41, 5.74) is 5.75. The highest BCUT2D eigenvalue weighted by molar-refractivity contribution is 5.96. The second-order valence-electron chi connectivity index (χ2n) is 7.11. The maximum atomic E-state index is 12.8. The van der Waals surface area contributed by atoms with Crippen molar-refractivity contribution in [2.45, 2.75) is 33.7 Å². The first-order chi connectivity index (χ1) is 12.4. The molecule has 1 fully saturated rings. The summed E-state index contributed by atoms with van der Waals surface area (Å²) in [5, 5.41) is 4.53. The molecule has 26 heavy (non-hydrogen) atoms. The third-order valence-electron chi connectivity index (χ3n) is 4.93. The van der Waals surface area contributed by atoms with Crippen LogP contribution in [0.4, 0.5) is 0 Å². The number of carbonyl (C=O) groups is 1. The number of nitrogens with zero attached hydrogens (tertiary/aromatic N) is 4. The van der Waals surface area contributed by atoms with Crippen LogP contribution >= 0.6 is 0 Å².